The first kappa shape index (κ1) is 14.9. The van der Waals surface area contributed by atoms with Crippen molar-refractivity contribution in [3.63, 3.8) is 0 Å². The molecule has 0 spiro atoms. The smallest absolute Gasteiger partial charge is 0.162 e. The molecular formula is C13H18F2O3. The molecule has 5 heteroatoms. The average molecular weight is 260 g/mol. The topological polar surface area (TPSA) is 27.7 Å². The summed E-state index contributed by atoms with van der Waals surface area (Å²) in [4.78, 5) is 0. The van der Waals surface area contributed by atoms with Crippen LogP contribution in [-0.2, 0) is 9.47 Å². The summed E-state index contributed by atoms with van der Waals surface area (Å²) in [5.41, 5.74) is 0. The normalized spacial score (nSPS) is 10.9. The third-order valence-corrected chi connectivity index (χ3v) is 2.22. The second-order valence-electron chi connectivity index (χ2n) is 3.55. The molecule has 0 atom stereocenters. The van der Waals surface area contributed by atoms with E-state index in [0.717, 1.165) is 12.1 Å². The van der Waals surface area contributed by atoms with E-state index < -0.39 is 11.6 Å². The number of rotatable bonds is 8. The van der Waals surface area contributed by atoms with Gasteiger partial charge >= 0.3 is 0 Å². The van der Waals surface area contributed by atoms with Crippen molar-refractivity contribution in [2.24, 2.45) is 0 Å². The second-order valence-corrected chi connectivity index (χ2v) is 3.55. The molecule has 0 amide bonds. The first-order valence-electron chi connectivity index (χ1n) is 5.98. The van der Waals surface area contributed by atoms with Gasteiger partial charge in [-0.15, -0.1) is 0 Å². The Balaban J connectivity index is 2.37. The van der Waals surface area contributed by atoms with Crippen molar-refractivity contribution in [2.75, 3.05) is 19.8 Å². The van der Waals surface area contributed by atoms with Crippen LogP contribution in [0, 0.1) is 11.6 Å². The summed E-state index contributed by atoms with van der Waals surface area (Å²) >= 11 is 0. The Morgan fingerprint density at radius 2 is 1.72 bits per heavy atom. The van der Waals surface area contributed by atoms with Crippen LogP contribution < -0.4 is 4.74 Å². The van der Waals surface area contributed by atoms with Gasteiger partial charge in [-0.3, -0.25) is 0 Å². The average Bonchev–Trinajstić information content (AvgIpc) is 2.34. The highest BCUT2D eigenvalue weighted by atomic mass is 19.2. The SMILES string of the molecule is CCOC(CCOc1ccc(F)c(F)c1)OCC. The Morgan fingerprint density at radius 1 is 1.06 bits per heavy atom. The van der Waals surface area contributed by atoms with Gasteiger partial charge in [0.15, 0.2) is 17.9 Å². The first-order valence-corrected chi connectivity index (χ1v) is 5.98. The van der Waals surface area contributed by atoms with E-state index in [0.29, 0.717) is 32.0 Å². The molecule has 0 saturated carbocycles. The minimum atomic E-state index is -0.918. The van der Waals surface area contributed by atoms with E-state index in [1.165, 1.54) is 6.07 Å². The first-order chi connectivity index (χ1) is 8.67. The van der Waals surface area contributed by atoms with Gasteiger partial charge in [-0.1, -0.05) is 0 Å². The van der Waals surface area contributed by atoms with Gasteiger partial charge in [0, 0.05) is 25.7 Å². The van der Waals surface area contributed by atoms with E-state index in [1.807, 2.05) is 13.8 Å². The van der Waals surface area contributed by atoms with Gasteiger partial charge in [0.05, 0.1) is 6.61 Å². The lowest BCUT2D eigenvalue weighted by atomic mass is 10.3. The van der Waals surface area contributed by atoms with E-state index >= 15 is 0 Å². The standard InChI is InChI=1S/C13H18F2O3/c1-3-16-13(17-4-2)7-8-18-10-5-6-11(14)12(15)9-10/h5-6,9,13H,3-4,7-8H2,1-2H3. The van der Waals surface area contributed by atoms with Crippen LogP contribution in [-0.4, -0.2) is 26.1 Å². The fraction of sp³-hybridized carbons (Fsp3) is 0.538. The molecule has 0 unspecified atom stereocenters. The molecule has 0 aliphatic carbocycles. The molecule has 0 aliphatic heterocycles. The lowest BCUT2D eigenvalue weighted by Crippen LogP contribution is -2.20. The molecule has 0 aromatic heterocycles. The molecule has 18 heavy (non-hydrogen) atoms. The van der Waals surface area contributed by atoms with Crippen molar-refractivity contribution >= 4 is 0 Å². The summed E-state index contributed by atoms with van der Waals surface area (Å²) in [6.07, 6.45) is 0.200. The second kappa shape index (κ2) is 8.00. The molecule has 0 aliphatic rings. The largest absolute Gasteiger partial charge is 0.493 e. The summed E-state index contributed by atoms with van der Waals surface area (Å²) in [6, 6.07) is 3.44. The molecule has 0 fully saturated rings. The summed E-state index contributed by atoms with van der Waals surface area (Å²) in [7, 11) is 0. The maximum Gasteiger partial charge on any atom is 0.162 e. The van der Waals surface area contributed by atoms with E-state index in [4.69, 9.17) is 14.2 Å². The maximum atomic E-state index is 12.9. The van der Waals surface area contributed by atoms with Crippen LogP contribution in [0.25, 0.3) is 0 Å². The molecule has 0 bridgehead atoms. The zero-order valence-corrected chi connectivity index (χ0v) is 10.6. The van der Waals surface area contributed by atoms with Crippen LogP contribution in [0.2, 0.25) is 0 Å². The number of hydrogen-bond donors (Lipinski definition) is 0. The lowest BCUT2D eigenvalue weighted by Gasteiger charge is -2.17. The Bertz CT molecular complexity index is 352. The molecule has 3 nitrogen and oxygen atoms in total. The van der Waals surface area contributed by atoms with Gasteiger partial charge in [-0.05, 0) is 26.0 Å². The highest BCUT2D eigenvalue weighted by molar-refractivity contribution is 5.23. The highest BCUT2D eigenvalue weighted by Crippen LogP contribution is 2.16. The fourth-order valence-corrected chi connectivity index (χ4v) is 1.43. The summed E-state index contributed by atoms with van der Waals surface area (Å²) in [5, 5.41) is 0. The fourth-order valence-electron chi connectivity index (χ4n) is 1.43. The predicted molar refractivity (Wildman–Crippen MR) is 63.5 cm³/mol. The molecule has 1 rings (SSSR count). The Hall–Kier alpha value is -1.20. The van der Waals surface area contributed by atoms with Crippen molar-refractivity contribution in [1.82, 2.24) is 0 Å². The van der Waals surface area contributed by atoms with Crippen LogP contribution >= 0.6 is 0 Å². The maximum absolute atomic E-state index is 12.9. The third-order valence-electron chi connectivity index (χ3n) is 2.22. The Kier molecular flexibility index (Phi) is 6.60. The minimum Gasteiger partial charge on any atom is -0.493 e. The van der Waals surface area contributed by atoms with Crippen molar-refractivity contribution < 1.29 is 23.0 Å². The minimum absolute atomic E-state index is 0.292. The number of ether oxygens (including phenoxy) is 3. The molecular weight excluding hydrogens is 242 g/mol. The quantitative estimate of drug-likeness (QED) is 0.672. The number of hydrogen-bond acceptors (Lipinski definition) is 3. The van der Waals surface area contributed by atoms with Crippen molar-refractivity contribution in [3.05, 3.63) is 29.8 Å². The van der Waals surface area contributed by atoms with Gasteiger partial charge in [-0.2, -0.15) is 0 Å². The van der Waals surface area contributed by atoms with E-state index in [1.54, 1.807) is 0 Å². The van der Waals surface area contributed by atoms with E-state index in [9.17, 15) is 8.78 Å². The van der Waals surface area contributed by atoms with Crippen molar-refractivity contribution in [2.45, 2.75) is 26.6 Å². The van der Waals surface area contributed by atoms with Gasteiger partial charge in [0.2, 0.25) is 0 Å². The van der Waals surface area contributed by atoms with Crippen molar-refractivity contribution in [1.29, 1.82) is 0 Å². The monoisotopic (exact) mass is 260 g/mol. The highest BCUT2D eigenvalue weighted by Gasteiger charge is 2.08. The van der Waals surface area contributed by atoms with Crippen LogP contribution in [0.1, 0.15) is 20.3 Å². The Labute approximate surface area is 106 Å². The molecule has 1 aromatic rings. The van der Waals surface area contributed by atoms with Gasteiger partial charge in [0.1, 0.15) is 5.75 Å². The summed E-state index contributed by atoms with van der Waals surface area (Å²) in [5.74, 6) is -1.51. The molecule has 0 N–H and O–H groups in total. The zero-order chi connectivity index (χ0) is 13.4. The molecule has 1 aromatic carbocycles. The van der Waals surface area contributed by atoms with Crippen LogP contribution in [0.5, 0.6) is 5.75 Å². The predicted octanol–water partition coefficient (Wildman–Crippen LogP) is 3.13. The number of halogens is 2. The lowest BCUT2D eigenvalue weighted by molar-refractivity contribution is -0.142. The van der Waals surface area contributed by atoms with E-state index in [2.05, 4.69) is 0 Å². The number of benzene rings is 1. The summed E-state index contributed by atoms with van der Waals surface area (Å²) < 4.78 is 41.5. The van der Waals surface area contributed by atoms with Gasteiger partial charge < -0.3 is 14.2 Å². The summed E-state index contributed by atoms with van der Waals surface area (Å²) in [6.45, 7) is 5.17. The molecule has 0 saturated heterocycles. The van der Waals surface area contributed by atoms with E-state index in [-0.39, 0.29) is 6.29 Å². The van der Waals surface area contributed by atoms with Crippen LogP contribution in [0.15, 0.2) is 18.2 Å². The Morgan fingerprint density at radius 3 is 2.28 bits per heavy atom. The van der Waals surface area contributed by atoms with Gasteiger partial charge in [0.25, 0.3) is 0 Å². The van der Waals surface area contributed by atoms with Crippen LogP contribution in [0.4, 0.5) is 8.78 Å². The third kappa shape index (κ3) is 4.98. The molecule has 0 heterocycles. The molecule has 0 radical (unpaired) electrons. The van der Waals surface area contributed by atoms with Crippen LogP contribution in [0.3, 0.4) is 0 Å². The van der Waals surface area contributed by atoms with Gasteiger partial charge in [-0.25, -0.2) is 8.78 Å². The molecule has 102 valence electrons. The van der Waals surface area contributed by atoms with Crippen molar-refractivity contribution in [3.8, 4) is 5.75 Å². The zero-order valence-electron chi connectivity index (χ0n) is 10.6.